The van der Waals surface area contributed by atoms with E-state index >= 15 is 0 Å². The first-order valence-electron chi connectivity index (χ1n) is 11.1. The van der Waals surface area contributed by atoms with Crippen LogP contribution in [0.2, 0.25) is 0 Å². The Labute approximate surface area is 219 Å². The molecule has 0 radical (unpaired) electrons. The Hall–Kier alpha value is -3.51. The molecule has 37 heavy (non-hydrogen) atoms. The van der Waals surface area contributed by atoms with Gasteiger partial charge < -0.3 is 14.8 Å². The Bertz CT molecular complexity index is 1300. The summed E-state index contributed by atoms with van der Waals surface area (Å²) in [5, 5.41) is 10.00. The van der Waals surface area contributed by atoms with Crippen molar-refractivity contribution in [2.75, 3.05) is 12.4 Å². The van der Waals surface area contributed by atoms with E-state index in [9.17, 15) is 22.8 Å². The Kier molecular flexibility index (Phi) is 8.08. The van der Waals surface area contributed by atoms with Crippen LogP contribution in [0.25, 0.3) is 0 Å². The first kappa shape index (κ1) is 26.6. The summed E-state index contributed by atoms with van der Waals surface area (Å²) in [6, 6.07) is 14.6. The number of thiophene rings is 1. The van der Waals surface area contributed by atoms with Crippen LogP contribution in [0.5, 0.6) is 11.5 Å². The lowest BCUT2D eigenvalue weighted by molar-refractivity contribution is -0.275. The van der Waals surface area contributed by atoms with E-state index in [2.05, 4.69) is 15.2 Å². The van der Waals surface area contributed by atoms with Crippen molar-refractivity contribution in [3.05, 3.63) is 76.0 Å². The summed E-state index contributed by atoms with van der Waals surface area (Å²) >= 11 is 2.45. The van der Waals surface area contributed by atoms with E-state index in [-0.39, 0.29) is 28.7 Å². The standard InChI is InChI=1S/C25H22F3N3O4S2/c1-3-20-22(16-8-11-18(19(13-16)34-2)35-25(26,27)28)30-31(24(33)37-20)14-15-6-9-17(10-7-15)29-23(32)21-5-4-12-36-21/h4-13,20H,3,14H2,1-2H3,(H,29,32). The number of benzene rings is 2. The van der Waals surface area contributed by atoms with Crippen LogP contribution < -0.4 is 14.8 Å². The fraction of sp³-hybridized carbons (Fsp3) is 0.240. The topological polar surface area (TPSA) is 80.2 Å². The quantitative estimate of drug-likeness (QED) is 0.336. The number of hydrazone groups is 1. The highest BCUT2D eigenvalue weighted by Crippen LogP contribution is 2.36. The molecule has 7 nitrogen and oxygen atoms in total. The molecule has 0 spiro atoms. The van der Waals surface area contributed by atoms with Crippen LogP contribution in [-0.4, -0.2) is 40.6 Å². The summed E-state index contributed by atoms with van der Waals surface area (Å²) in [4.78, 5) is 25.6. The molecule has 0 bridgehead atoms. The fourth-order valence-electron chi connectivity index (χ4n) is 3.60. The number of nitrogens with one attached hydrogen (secondary N) is 1. The molecule has 194 valence electrons. The van der Waals surface area contributed by atoms with Crippen molar-refractivity contribution >= 4 is 45.6 Å². The van der Waals surface area contributed by atoms with E-state index in [1.165, 1.54) is 41.7 Å². The molecule has 1 aliphatic heterocycles. The molecular formula is C25H22F3N3O4S2. The molecule has 2 amide bonds. The third kappa shape index (κ3) is 6.63. The Morgan fingerprint density at radius 3 is 2.51 bits per heavy atom. The molecule has 0 aliphatic carbocycles. The van der Waals surface area contributed by atoms with E-state index in [1.54, 1.807) is 36.4 Å². The predicted octanol–water partition coefficient (Wildman–Crippen LogP) is 6.76. The van der Waals surface area contributed by atoms with Gasteiger partial charge in [0.2, 0.25) is 0 Å². The summed E-state index contributed by atoms with van der Waals surface area (Å²) in [5.74, 6) is -0.761. The van der Waals surface area contributed by atoms with Gasteiger partial charge in [-0.2, -0.15) is 5.10 Å². The van der Waals surface area contributed by atoms with E-state index in [4.69, 9.17) is 4.74 Å². The van der Waals surface area contributed by atoms with Crippen LogP contribution in [0.15, 0.2) is 65.1 Å². The number of carbonyl (C=O) groups is 2. The maximum atomic E-state index is 12.8. The highest BCUT2D eigenvalue weighted by atomic mass is 32.2. The van der Waals surface area contributed by atoms with Crippen molar-refractivity contribution in [1.29, 1.82) is 0 Å². The molecule has 12 heteroatoms. The van der Waals surface area contributed by atoms with Crippen LogP contribution in [0.3, 0.4) is 0 Å². The number of methoxy groups -OCH3 is 1. The van der Waals surface area contributed by atoms with Crippen LogP contribution >= 0.6 is 23.1 Å². The zero-order chi connectivity index (χ0) is 26.6. The number of ether oxygens (including phenoxy) is 2. The Morgan fingerprint density at radius 1 is 1.14 bits per heavy atom. The number of anilines is 1. The van der Waals surface area contributed by atoms with Crippen molar-refractivity contribution in [2.24, 2.45) is 5.10 Å². The molecule has 4 rings (SSSR count). The Morgan fingerprint density at radius 2 is 1.89 bits per heavy atom. The van der Waals surface area contributed by atoms with Crippen LogP contribution in [-0.2, 0) is 6.54 Å². The molecule has 0 saturated heterocycles. The molecule has 0 fully saturated rings. The lowest BCUT2D eigenvalue weighted by Gasteiger charge is -2.28. The van der Waals surface area contributed by atoms with E-state index in [1.807, 2.05) is 12.3 Å². The smallest absolute Gasteiger partial charge is 0.493 e. The number of rotatable bonds is 8. The van der Waals surface area contributed by atoms with Crippen molar-refractivity contribution < 1.29 is 32.2 Å². The molecule has 2 heterocycles. The second-order valence-corrected chi connectivity index (χ2v) is 9.97. The number of thioether (sulfide) groups is 1. The van der Waals surface area contributed by atoms with Gasteiger partial charge in [0.1, 0.15) is 0 Å². The molecule has 1 unspecified atom stereocenters. The van der Waals surface area contributed by atoms with Crippen LogP contribution in [0.1, 0.15) is 34.1 Å². The highest BCUT2D eigenvalue weighted by molar-refractivity contribution is 8.14. The average Bonchev–Trinajstić information content (AvgIpc) is 3.41. The predicted molar refractivity (Wildman–Crippen MR) is 138 cm³/mol. The summed E-state index contributed by atoms with van der Waals surface area (Å²) in [6.45, 7) is 2.08. The van der Waals surface area contributed by atoms with Gasteiger partial charge in [-0.05, 0) is 53.8 Å². The molecule has 2 aromatic carbocycles. The summed E-state index contributed by atoms with van der Waals surface area (Å²) in [6.07, 6.45) is -4.27. The van der Waals surface area contributed by atoms with E-state index < -0.39 is 12.1 Å². The lowest BCUT2D eigenvalue weighted by atomic mass is 10.0. The van der Waals surface area contributed by atoms with Gasteiger partial charge in [0.05, 0.1) is 29.5 Å². The summed E-state index contributed by atoms with van der Waals surface area (Å²) in [5.41, 5.74) is 2.47. The fourth-order valence-corrected chi connectivity index (χ4v) is 5.15. The van der Waals surface area contributed by atoms with Gasteiger partial charge in [-0.3, -0.25) is 9.59 Å². The second kappa shape index (κ2) is 11.3. The van der Waals surface area contributed by atoms with Gasteiger partial charge in [0.25, 0.3) is 5.91 Å². The van der Waals surface area contributed by atoms with Crippen molar-refractivity contribution in [3.8, 4) is 11.5 Å². The molecule has 0 saturated carbocycles. The number of alkyl halides is 3. The third-order valence-electron chi connectivity index (χ3n) is 5.33. The minimum absolute atomic E-state index is 0.0963. The van der Waals surface area contributed by atoms with Crippen LogP contribution in [0.4, 0.5) is 23.7 Å². The Balaban J connectivity index is 1.53. The SMILES string of the molecule is CCC1SC(=O)N(Cc2ccc(NC(=O)c3cccs3)cc2)N=C1c1ccc(OC(F)(F)F)c(OC)c1. The lowest BCUT2D eigenvalue weighted by Crippen LogP contribution is -2.34. The number of nitrogens with zero attached hydrogens (tertiary/aromatic N) is 2. The van der Waals surface area contributed by atoms with Crippen molar-refractivity contribution in [1.82, 2.24) is 5.01 Å². The molecule has 1 aromatic heterocycles. The molecule has 1 atom stereocenters. The third-order valence-corrected chi connectivity index (χ3v) is 7.45. The largest absolute Gasteiger partial charge is 0.573 e. The van der Waals surface area contributed by atoms with Gasteiger partial charge in [-0.1, -0.05) is 36.9 Å². The zero-order valence-corrected chi connectivity index (χ0v) is 21.4. The number of carbonyl (C=O) groups excluding carboxylic acids is 2. The van der Waals surface area contributed by atoms with Gasteiger partial charge in [0, 0.05) is 11.3 Å². The van der Waals surface area contributed by atoms with E-state index in [0.717, 1.165) is 17.3 Å². The molecule has 1 N–H and O–H groups in total. The number of amides is 2. The number of halogens is 3. The van der Waals surface area contributed by atoms with Gasteiger partial charge >= 0.3 is 11.6 Å². The monoisotopic (exact) mass is 549 g/mol. The molecular weight excluding hydrogens is 527 g/mol. The number of hydrogen-bond donors (Lipinski definition) is 1. The highest BCUT2D eigenvalue weighted by Gasteiger charge is 2.34. The maximum absolute atomic E-state index is 12.8. The minimum Gasteiger partial charge on any atom is -0.493 e. The van der Waals surface area contributed by atoms with Gasteiger partial charge in [-0.25, -0.2) is 5.01 Å². The first-order valence-corrected chi connectivity index (χ1v) is 12.9. The zero-order valence-electron chi connectivity index (χ0n) is 19.7. The normalized spacial score (nSPS) is 15.8. The number of hydrogen-bond acceptors (Lipinski definition) is 7. The summed E-state index contributed by atoms with van der Waals surface area (Å²) in [7, 11) is 1.25. The van der Waals surface area contributed by atoms with Gasteiger partial charge in [0.15, 0.2) is 11.5 Å². The van der Waals surface area contributed by atoms with Crippen LogP contribution in [0, 0.1) is 0 Å². The van der Waals surface area contributed by atoms with Crippen molar-refractivity contribution in [2.45, 2.75) is 31.5 Å². The van der Waals surface area contributed by atoms with Gasteiger partial charge in [-0.15, -0.1) is 24.5 Å². The van der Waals surface area contributed by atoms with E-state index in [0.29, 0.717) is 28.3 Å². The average molecular weight is 550 g/mol. The first-order chi connectivity index (χ1) is 17.7. The molecule has 3 aromatic rings. The minimum atomic E-state index is -4.86. The second-order valence-electron chi connectivity index (χ2n) is 7.87. The molecule has 1 aliphatic rings. The summed E-state index contributed by atoms with van der Waals surface area (Å²) < 4.78 is 47.3. The maximum Gasteiger partial charge on any atom is 0.573 e. The van der Waals surface area contributed by atoms with Crippen molar-refractivity contribution in [3.63, 3.8) is 0 Å².